The number of H-pyrrole nitrogens is 1. The van der Waals surface area contributed by atoms with Crippen LogP contribution < -0.4 is 16.0 Å². The number of nitrogens with one attached hydrogen (secondary N) is 2. The number of allylic oxidation sites excluding steroid dienone is 1. The SMILES string of the molecule is NC(=O)[C@@H]1[C@H](Nc2c(Br)cnc3nc(-c4ccc(N5CCOCC5)cc4)[nH]c23)[C@@H]2C=C[C@@H]1C2. The van der Waals surface area contributed by atoms with Crippen LogP contribution in [0.5, 0.6) is 0 Å². The maximum absolute atomic E-state index is 12.2. The number of amides is 1. The van der Waals surface area contributed by atoms with Crippen molar-refractivity contribution in [2.75, 3.05) is 36.5 Å². The lowest BCUT2D eigenvalue weighted by Crippen LogP contribution is -2.41. The van der Waals surface area contributed by atoms with Crippen LogP contribution in [0.2, 0.25) is 0 Å². The number of nitrogens with two attached hydrogens (primary N) is 1. The van der Waals surface area contributed by atoms with Crippen LogP contribution in [0.25, 0.3) is 22.6 Å². The predicted molar refractivity (Wildman–Crippen MR) is 131 cm³/mol. The van der Waals surface area contributed by atoms with Crippen LogP contribution in [0.4, 0.5) is 11.4 Å². The van der Waals surface area contributed by atoms with Crippen LogP contribution in [0.3, 0.4) is 0 Å². The molecule has 2 aliphatic carbocycles. The first kappa shape index (κ1) is 20.7. The van der Waals surface area contributed by atoms with Gasteiger partial charge in [0.15, 0.2) is 5.65 Å². The van der Waals surface area contributed by atoms with E-state index in [1.54, 1.807) is 6.20 Å². The molecule has 6 rings (SSSR count). The summed E-state index contributed by atoms with van der Waals surface area (Å²) in [5, 5.41) is 3.60. The minimum atomic E-state index is -0.253. The van der Waals surface area contributed by atoms with Gasteiger partial charge in [-0.3, -0.25) is 4.79 Å². The zero-order valence-electron chi connectivity index (χ0n) is 18.0. The van der Waals surface area contributed by atoms with E-state index in [4.69, 9.17) is 15.5 Å². The van der Waals surface area contributed by atoms with Crippen molar-refractivity contribution in [2.24, 2.45) is 23.5 Å². The number of nitrogens with zero attached hydrogens (tertiary/aromatic N) is 3. The Kier molecular flexibility index (Phi) is 5.10. The molecule has 33 heavy (non-hydrogen) atoms. The van der Waals surface area contributed by atoms with Crippen LogP contribution in [0.1, 0.15) is 6.42 Å². The summed E-state index contributed by atoms with van der Waals surface area (Å²) in [5.41, 5.74) is 10.2. The summed E-state index contributed by atoms with van der Waals surface area (Å²) >= 11 is 3.63. The summed E-state index contributed by atoms with van der Waals surface area (Å²) in [5.74, 6) is 0.786. The van der Waals surface area contributed by atoms with Gasteiger partial charge in [-0.2, -0.15) is 0 Å². The smallest absolute Gasteiger partial charge is 0.223 e. The summed E-state index contributed by atoms with van der Waals surface area (Å²) in [7, 11) is 0. The van der Waals surface area contributed by atoms with Gasteiger partial charge in [0.2, 0.25) is 5.91 Å². The van der Waals surface area contributed by atoms with Crippen LogP contribution in [0.15, 0.2) is 47.1 Å². The topological polar surface area (TPSA) is 109 Å². The van der Waals surface area contributed by atoms with Crippen LogP contribution in [0, 0.1) is 17.8 Å². The van der Waals surface area contributed by atoms with Crippen LogP contribution in [-0.2, 0) is 9.53 Å². The number of benzene rings is 1. The molecule has 1 saturated carbocycles. The van der Waals surface area contributed by atoms with E-state index in [1.807, 2.05) is 0 Å². The highest BCUT2D eigenvalue weighted by Gasteiger charge is 2.47. The molecule has 9 heteroatoms. The maximum Gasteiger partial charge on any atom is 0.223 e. The first-order valence-electron chi connectivity index (χ1n) is 11.3. The van der Waals surface area contributed by atoms with Crippen molar-refractivity contribution in [2.45, 2.75) is 12.5 Å². The van der Waals surface area contributed by atoms with Gasteiger partial charge in [0, 0.05) is 36.6 Å². The zero-order valence-corrected chi connectivity index (χ0v) is 19.6. The third-order valence-corrected chi connectivity index (χ3v) is 7.69. The summed E-state index contributed by atoms with van der Waals surface area (Å²) in [6, 6.07) is 8.35. The quantitative estimate of drug-likeness (QED) is 0.456. The van der Waals surface area contributed by atoms with Gasteiger partial charge in [0.25, 0.3) is 0 Å². The number of morpholine rings is 1. The van der Waals surface area contributed by atoms with Crippen LogP contribution >= 0.6 is 15.9 Å². The van der Waals surface area contributed by atoms with Crippen molar-refractivity contribution >= 4 is 44.4 Å². The first-order valence-corrected chi connectivity index (χ1v) is 12.1. The molecule has 4 N–H and O–H groups in total. The largest absolute Gasteiger partial charge is 0.378 e. The van der Waals surface area contributed by atoms with E-state index >= 15 is 0 Å². The second-order valence-corrected chi connectivity index (χ2v) is 9.81. The van der Waals surface area contributed by atoms with Gasteiger partial charge in [-0.1, -0.05) is 12.2 Å². The molecule has 4 atom stereocenters. The molecule has 2 bridgehead atoms. The Labute approximate surface area is 199 Å². The van der Waals surface area contributed by atoms with Crippen LogP contribution in [-0.4, -0.2) is 53.2 Å². The highest BCUT2D eigenvalue weighted by Crippen LogP contribution is 2.46. The molecule has 3 aliphatic rings. The zero-order chi connectivity index (χ0) is 22.5. The number of pyridine rings is 1. The normalized spacial score (nSPS) is 26.3. The predicted octanol–water partition coefficient (Wildman–Crippen LogP) is 3.31. The first-order chi connectivity index (χ1) is 16.1. The summed E-state index contributed by atoms with van der Waals surface area (Å²) in [4.78, 5) is 27.2. The lowest BCUT2D eigenvalue weighted by Gasteiger charge is -2.28. The molecule has 3 aromatic rings. The second kappa shape index (κ2) is 8.14. The summed E-state index contributed by atoms with van der Waals surface area (Å²) < 4.78 is 6.27. The van der Waals surface area contributed by atoms with Gasteiger partial charge in [-0.15, -0.1) is 0 Å². The third-order valence-electron chi connectivity index (χ3n) is 7.09. The average Bonchev–Trinajstić information content (AvgIpc) is 3.56. The van der Waals surface area contributed by atoms with Crippen molar-refractivity contribution in [3.05, 3.63) is 47.1 Å². The van der Waals surface area contributed by atoms with E-state index in [-0.39, 0.29) is 29.7 Å². The summed E-state index contributed by atoms with van der Waals surface area (Å²) in [6.45, 7) is 3.33. The van der Waals surface area contributed by atoms with E-state index in [9.17, 15) is 4.79 Å². The highest BCUT2D eigenvalue weighted by molar-refractivity contribution is 9.10. The Morgan fingerprint density at radius 3 is 2.70 bits per heavy atom. The molecule has 170 valence electrons. The number of halogens is 1. The monoisotopic (exact) mass is 508 g/mol. The number of primary amides is 1. The van der Waals surface area contributed by atoms with Gasteiger partial charge >= 0.3 is 0 Å². The second-order valence-electron chi connectivity index (χ2n) is 8.96. The molecule has 3 heterocycles. The Balaban J connectivity index is 1.31. The summed E-state index contributed by atoms with van der Waals surface area (Å²) in [6.07, 6.45) is 7.03. The Hall–Kier alpha value is -2.91. The molecule has 1 amide bonds. The molecule has 0 unspecified atom stereocenters. The number of hydrogen-bond acceptors (Lipinski definition) is 6. The molecule has 2 fully saturated rings. The Morgan fingerprint density at radius 1 is 1.18 bits per heavy atom. The molecule has 1 aromatic carbocycles. The number of imidazole rings is 1. The number of carbonyl (C=O) groups excluding carboxylic acids is 1. The number of anilines is 2. The van der Waals surface area contributed by atoms with E-state index in [2.05, 4.69) is 72.5 Å². The number of carbonyl (C=O) groups is 1. The molecule has 8 nitrogen and oxygen atoms in total. The standard InChI is InChI=1S/C24H25BrN6O2/c25-17-12-27-24-21(20(17)28-19-15-2-1-14(11-15)18(19)22(26)32)29-23(30-24)13-3-5-16(6-4-13)31-7-9-33-10-8-31/h1-6,12,14-15,18-19H,7-11H2,(H2,26,32)(H2,27,28,29,30)/t14-,15-,18+,19-/m1/s1. The molecule has 1 saturated heterocycles. The van der Waals surface area contributed by atoms with Gasteiger partial charge in [0.1, 0.15) is 11.3 Å². The van der Waals surface area contributed by atoms with Crippen molar-refractivity contribution in [3.8, 4) is 11.4 Å². The lowest BCUT2D eigenvalue weighted by atomic mass is 9.88. The van der Waals surface area contributed by atoms with Crippen molar-refractivity contribution < 1.29 is 9.53 Å². The molecule has 0 radical (unpaired) electrons. The van der Waals surface area contributed by atoms with E-state index < -0.39 is 0 Å². The minimum Gasteiger partial charge on any atom is -0.378 e. The van der Waals surface area contributed by atoms with Gasteiger partial charge in [0.05, 0.1) is 29.3 Å². The fourth-order valence-electron chi connectivity index (χ4n) is 5.44. The number of aromatic nitrogens is 3. The Bertz CT molecular complexity index is 1230. The van der Waals surface area contributed by atoms with Gasteiger partial charge in [-0.25, -0.2) is 9.97 Å². The van der Waals surface area contributed by atoms with Crippen molar-refractivity contribution in [1.29, 1.82) is 0 Å². The fourth-order valence-corrected chi connectivity index (χ4v) is 5.85. The maximum atomic E-state index is 12.2. The number of aromatic amines is 1. The number of hydrogen-bond donors (Lipinski definition) is 3. The molecular formula is C24H25BrN6O2. The number of fused-ring (bicyclic) bond motifs is 3. The molecule has 0 spiro atoms. The van der Waals surface area contributed by atoms with E-state index in [0.29, 0.717) is 5.65 Å². The van der Waals surface area contributed by atoms with Gasteiger partial charge < -0.3 is 25.7 Å². The van der Waals surface area contributed by atoms with Gasteiger partial charge in [-0.05, 0) is 58.5 Å². The fraction of sp³-hybridized carbons (Fsp3) is 0.375. The van der Waals surface area contributed by atoms with Crippen molar-refractivity contribution in [3.63, 3.8) is 0 Å². The minimum absolute atomic E-state index is 0.0426. The molecule has 2 aromatic heterocycles. The van der Waals surface area contributed by atoms with E-state index in [0.717, 1.165) is 59.8 Å². The number of ether oxygens (including phenoxy) is 1. The Morgan fingerprint density at radius 2 is 1.94 bits per heavy atom. The van der Waals surface area contributed by atoms with Crippen molar-refractivity contribution in [1.82, 2.24) is 15.0 Å². The molecular weight excluding hydrogens is 484 g/mol. The molecule has 1 aliphatic heterocycles. The highest BCUT2D eigenvalue weighted by atomic mass is 79.9. The average molecular weight is 509 g/mol. The third kappa shape index (κ3) is 3.59. The van der Waals surface area contributed by atoms with E-state index in [1.165, 1.54) is 5.69 Å². The number of rotatable bonds is 5. The lowest BCUT2D eigenvalue weighted by molar-refractivity contribution is -0.122.